The van der Waals surface area contributed by atoms with Crippen LogP contribution in [0.3, 0.4) is 0 Å². The maximum Gasteiger partial charge on any atom is 0.389 e. The lowest BCUT2D eigenvalue weighted by Crippen LogP contribution is -2.14. The highest BCUT2D eigenvalue weighted by atomic mass is 28.3. The van der Waals surface area contributed by atoms with Crippen molar-refractivity contribution >= 4 is 39.8 Å². The molecular formula is C6H21F3O2Si4. The van der Waals surface area contributed by atoms with Crippen LogP contribution < -0.4 is 0 Å². The van der Waals surface area contributed by atoms with Crippen molar-refractivity contribution in [3.63, 3.8) is 0 Å². The van der Waals surface area contributed by atoms with Crippen molar-refractivity contribution < 1.29 is 21.4 Å². The van der Waals surface area contributed by atoms with Gasteiger partial charge in [0.05, 0.1) is 0 Å². The first-order chi connectivity index (χ1) is 6.72. The van der Waals surface area contributed by atoms with Crippen molar-refractivity contribution in [1.82, 2.24) is 0 Å². The van der Waals surface area contributed by atoms with Gasteiger partial charge >= 0.3 is 6.18 Å². The highest BCUT2D eigenvalue weighted by Crippen LogP contribution is 2.26. The number of alkyl halides is 3. The van der Waals surface area contributed by atoms with Gasteiger partial charge in [-0.1, -0.05) is 6.92 Å². The first-order valence-electron chi connectivity index (χ1n) is 4.81. The molecule has 0 rings (SSSR count). The van der Waals surface area contributed by atoms with Crippen LogP contribution in [0.15, 0.2) is 0 Å². The van der Waals surface area contributed by atoms with Crippen molar-refractivity contribution in [3.05, 3.63) is 0 Å². The Kier molecular flexibility index (Phi) is 11.7. The predicted molar refractivity (Wildman–Crippen MR) is 69.6 cm³/mol. The SMILES string of the molecule is CC(CC(F)(F)F)[SiH2]O[SiH3].C[SiH](C)O[SiH3]. The Labute approximate surface area is 99.7 Å². The monoisotopic (exact) mass is 294 g/mol. The number of rotatable bonds is 4. The fourth-order valence-corrected chi connectivity index (χ4v) is 3.46. The van der Waals surface area contributed by atoms with Gasteiger partial charge in [-0.05, 0) is 18.6 Å². The third-order valence-electron chi connectivity index (χ3n) is 1.50. The van der Waals surface area contributed by atoms with Crippen molar-refractivity contribution in [3.8, 4) is 0 Å². The number of halogens is 3. The fraction of sp³-hybridized carbons (Fsp3) is 1.00. The van der Waals surface area contributed by atoms with Crippen molar-refractivity contribution in [2.45, 2.75) is 38.2 Å². The molecular weight excluding hydrogens is 273 g/mol. The van der Waals surface area contributed by atoms with Crippen LogP contribution in [-0.4, -0.2) is 46.0 Å². The van der Waals surface area contributed by atoms with E-state index in [2.05, 4.69) is 13.1 Å². The molecule has 0 aromatic rings. The Morgan fingerprint density at radius 1 is 1.33 bits per heavy atom. The summed E-state index contributed by atoms with van der Waals surface area (Å²) in [4.78, 5) is 0. The molecule has 1 unspecified atom stereocenters. The standard InChI is InChI=1S/C4H11F3OSi2.C2H10OSi2/c1-3(10-8-9)2-4(5,6)7;1-5(2)3-4/h3H,2,10H2,1,9H3;5H,1-2,4H3. The van der Waals surface area contributed by atoms with E-state index in [4.69, 9.17) is 8.23 Å². The van der Waals surface area contributed by atoms with Gasteiger partial charge in [-0.3, -0.25) is 0 Å². The second-order valence-corrected chi connectivity index (χ2v) is 11.7. The lowest BCUT2D eigenvalue weighted by Gasteiger charge is -2.11. The van der Waals surface area contributed by atoms with Crippen molar-refractivity contribution in [2.75, 3.05) is 0 Å². The molecule has 0 bridgehead atoms. The zero-order valence-corrected chi connectivity index (χ0v) is 16.6. The van der Waals surface area contributed by atoms with Crippen molar-refractivity contribution in [1.29, 1.82) is 0 Å². The molecule has 0 spiro atoms. The zero-order valence-electron chi connectivity index (χ0n) is 10.0. The molecule has 0 saturated carbocycles. The van der Waals surface area contributed by atoms with Gasteiger partial charge in [0.2, 0.25) is 0 Å². The van der Waals surface area contributed by atoms with Crippen LogP contribution in [-0.2, 0) is 8.23 Å². The molecule has 94 valence electrons. The molecule has 0 radical (unpaired) electrons. The molecule has 1 atom stereocenters. The third kappa shape index (κ3) is 20.6. The van der Waals surface area contributed by atoms with Gasteiger partial charge in [0, 0.05) is 6.42 Å². The van der Waals surface area contributed by atoms with Crippen LogP contribution in [0.4, 0.5) is 13.2 Å². The van der Waals surface area contributed by atoms with Gasteiger partial charge in [0.25, 0.3) is 0 Å². The molecule has 0 aliphatic heterocycles. The van der Waals surface area contributed by atoms with Gasteiger partial charge < -0.3 is 8.23 Å². The van der Waals surface area contributed by atoms with E-state index in [9.17, 15) is 13.2 Å². The zero-order chi connectivity index (χ0) is 12.5. The highest BCUT2D eigenvalue weighted by Gasteiger charge is 2.29. The second-order valence-electron chi connectivity index (χ2n) is 3.66. The highest BCUT2D eigenvalue weighted by molar-refractivity contribution is 6.52. The molecule has 0 aromatic carbocycles. The van der Waals surface area contributed by atoms with E-state index in [1.165, 1.54) is 0 Å². The summed E-state index contributed by atoms with van der Waals surface area (Å²) in [6.45, 7) is 5.94. The maximum absolute atomic E-state index is 11.6. The van der Waals surface area contributed by atoms with E-state index in [-0.39, 0.29) is 5.54 Å². The van der Waals surface area contributed by atoms with E-state index in [1.807, 2.05) is 0 Å². The second kappa shape index (κ2) is 9.78. The molecule has 0 amide bonds. The van der Waals surface area contributed by atoms with Gasteiger partial charge in [-0.25, -0.2) is 0 Å². The van der Waals surface area contributed by atoms with Crippen LogP contribution in [0.1, 0.15) is 13.3 Å². The molecule has 0 aliphatic rings. The number of hydrogen-bond donors (Lipinski definition) is 0. The molecule has 2 nitrogen and oxygen atoms in total. The van der Waals surface area contributed by atoms with E-state index in [1.54, 1.807) is 6.92 Å². The van der Waals surface area contributed by atoms with Crippen LogP contribution in [0.5, 0.6) is 0 Å². The Hall–Kier alpha value is 0.578. The van der Waals surface area contributed by atoms with Crippen molar-refractivity contribution in [2.24, 2.45) is 0 Å². The molecule has 9 heteroatoms. The van der Waals surface area contributed by atoms with E-state index in [0.29, 0.717) is 10.5 Å². The minimum atomic E-state index is -4.01. The summed E-state index contributed by atoms with van der Waals surface area (Å²) in [6.07, 6.45) is -4.69. The van der Waals surface area contributed by atoms with Crippen LogP contribution >= 0.6 is 0 Å². The molecule has 0 aromatic heterocycles. The lowest BCUT2D eigenvalue weighted by atomic mass is 10.3. The molecule has 0 fully saturated rings. The summed E-state index contributed by atoms with van der Waals surface area (Å²) < 4.78 is 44.7. The van der Waals surface area contributed by atoms with Crippen LogP contribution in [0.25, 0.3) is 0 Å². The lowest BCUT2D eigenvalue weighted by molar-refractivity contribution is -0.134. The average molecular weight is 295 g/mol. The fourth-order valence-electron chi connectivity index (χ4n) is 0.739. The van der Waals surface area contributed by atoms with E-state index >= 15 is 0 Å². The first kappa shape index (κ1) is 18.0. The van der Waals surface area contributed by atoms with Gasteiger partial charge in [-0.2, -0.15) is 13.2 Å². The molecule has 0 heterocycles. The van der Waals surface area contributed by atoms with Gasteiger partial charge in [-0.15, -0.1) is 0 Å². The van der Waals surface area contributed by atoms with E-state index in [0.717, 1.165) is 10.5 Å². The summed E-state index contributed by atoms with van der Waals surface area (Å²) in [5, 5.41) is 0. The summed E-state index contributed by atoms with van der Waals surface area (Å²) in [5.41, 5.74) is -0.266. The Morgan fingerprint density at radius 2 is 1.73 bits per heavy atom. The largest absolute Gasteiger partial charge is 0.468 e. The smallest absolute Gasteiger partial charge is 0.389 e. The summed E-state index contributed by atoms with van der Waals surface area (Å²) >= 11 is 0. The third-order valence-corrected chi connectivity index (χ3v) is 7.46. The Morgan fingerprint density at radius 3 is 1.93 bits per heavy atom. The summed E-state index contributed by atoms with van der Waals surface area (Å²) in [5.74, 6) is 0. The first-order valence-corrected chi connectivity index (χ1v) is 10.6. The van der Waals surface area contributed by atoms with Gasteiger partial charge in [0.1, 0.15) is 30.7 Å². The van der Waals surface area contributed by atoms with Crippen LogP contribution in [0, 0.1) is 0 Å². The molecule has 0 aliphatic carbocycles. The van der Waals surface area contributed by atoms with Crippen LogP contribution in [0.2, 0.25) is 18.6 Å². The predicted octanol–water partition coefficient (Wildman–Crippen LogP) is -0.605. The molecule has 15 heavy (non-hydrogen) atoms. The maximum atomic E-state index is 11.6. The molecule has 0 N–H and O–H groups in total. The van der Waals surface area contributed by atoms with E-state index < -0.39 is 31.4 Å². The average Bonchev–Trinajstić information content (AvgIpc) is 2.02. The number of hydrogen-bond acceptors (Lipinski definition) is 2. The Balaban J connectivity index is 0. The minimum Gasteiger partial charge on any atom is -0.468 e. The van der Waals surface area contributed by atoms with Gasteiger partial charge in [0.15, 0.2) is 9.04 Å². The molecule has 0 saturated heterocycles. The summed E-state index contributed by atoms with van der Waals surface area (Å²) in [7, 11) is 0.0279. The topological polar surface area (TPSA) is 18.5 Å². The minimum absolute atomic E-state index is 0.266. The Bertz CT molecular complexity index is 145. The summed E-state index contributed by atoms with van der Waals surface area (Å²) in [6, 6.07) is 0. The quantitative estimate of drug-likeness (QED) is 0.645. The normalized spacial score (nSPS) is 14.6.